The molecule has 0 spiro atoms. The van der Waals surface area contributed by atoms with Gasteiger partial charge < -0.3 is 14.0 Å². The fourth-order valence-corrected chi connectivity index (χ4v) is 2.74. The van der Waals surface area contributed by atoms with Crippen molar-refractivity contribution in [1.82, 2.24) is 0 Å². The topological polar surface area (TPSA) is 27.7 Å². The molecule has 0 aliphatic carbocycles. The van der Waals surface area contributed by atoms with Crippen molar-refractivity contribution in [3.8, 4) is 5.75 Å². The first-order chi connectivity index (χ1) is 11.3. The van der Waals surface area contributed by atoms with E-state index in [-0.39, 0.29) is 18.3 Å². The average Bonchev–Trinajstić information content (AvgIpc) is 2.75. The Morgan fingerprint density at radius 3 is 2.12 bits per heavy atom. The first-order valence-electron chi connectivity index (χ1n) is 8.42. The van der Waals surface area contributed by atoms with Crippen molar-refractivity contribution in [1.29, 1.82) is 0 Å². The van der Waals surface area contributed by atoms with Gasteiger partial charge in [0.25, 0.3) is 0 Å². The van der Waals surface area contributed by atoms with Crippen molar-refractivity contribution in [2.75, 3.05) is 0 Å². The molecule has 2 aromatic rings. The highest BCUT2D eigenvalue weighted by atomic mass is 16.7. The largest absolute Gasteiger partial charge is 0.495 e. The molecule has 4 heteroatoms. The Balaban J connectivity index is 1.81. The molecule has 0 radical (unpaired) electrons. The minimum Gasteiger partial charge on any atom is -0.489 e. The van der Waals surface area contributed by atoms with Crippen LogP contribution in [0.3, 0.4) is 0 Å². The zero-order valence-corrected chi connectivity index (χ0v) is 15.1. The summed E-state index contributed by atoms with van der Waals surface area (Å²) in [5.41, 5.74) is 2.55. The molecule has 126 valence electrons. The molecule has 1 aliphatic rings. The van der Waals surface area contributed by atoms with Crippen LogP contribution in [0.1, 0.15) is 38.8 Å². The Bertz CT molecular complexity index is 708. The van der Waals surface area contributed by atoms with E-state index in [1.54, 1.807) is 0 Å². The summed E-state index contributed by atoms with van der Waals surface area (Å²) >= 11 is 0. The van der Waals surface area contributed by atoms with Gasteiger partial charge >= 0.3 is 7.12 Å². The van der Waals surface area contributed by atoms with Gasteiger partial charge in [0.1, 0.15) is 12.4 Å². The molecule has 24 heavy (non-hydrogen) atoms. The zero-order chi connectivity index (χ0) is 17.4. The van der Waals surface area contributed by atoms with E-state index in [0.29, 0.717) is 6.61 Å². The van der Waals surface area contributed by atoms with E-state index < -0.39 is 0 Å². The van der Waals surface area contributed by atoms with Gasteiger partial charge in [-0.3, -0.25) is 0 Å². The van der Waals surface area contributed by atoms with Gasteiger partial charge in [-0.25, -0.2) is 0 Å². The van der Waals surface area contributed by atoms with E-state index in [0.717, 1.165) is 22.3 Å². The SMILES string of the molecule is Cc1ccccc1OCc1ccccc1B1OC(C)(C)C(C)(C)O1. The van der Waals surface area contributed by atoms with Gasteiger partial charge in [-0.15, -0.1) is 0 Å². The van der Waals surface area contributed by atoms with Crippen molar-refractivity contribution in [2.24, 2.45) is 0 Å². The van der Waals surface area contributed by atoms with Gasteiger partial charge in [0.05, 0.1) is 11.2 Å². The van der Waals surface area contributed by atoms with E-state index in [2.05, 4.69) is 52.8 Å². The third kappa shape index (κ3) is 3.21. The molecule has 1 fully saturated rings. The maximum atomic E-state index is 6.19. The average molecular weight is 324 g/mol. The van der Waals surface area contributed by atoms with Crippen LogP contribution in [-0.2, 0) is 15.9 Å². The Morgan fingerprint density at radius 1 is 0.875 bits per heavy atom. The van der Waals surface area contributed by atoms with Crippen LogP contribution in [0.5, 0.6) is 5.75 Å². The minimum atomic E-state index is -0.369. The van der Waals surface area contributed by atoms with Crippen LogP contribution >= 0.6 is 0 Å². The summed E-state index contributed by atoms with van der Waals surface area (Å²) in [5.74, 6) is 0.904. The van der Waals surface area contributed by atoms with Crippen LogP contribution in [-0.4, -0.2) is 18.3 Å². The predicted molar refractivity (Wildman–Crippen MR) is 97.7 cm³/mol. The monoisotopic (exact) mass is 324 g/mol. The summed E-state index contributed by atoms with van der Waals surface area (Å²) in [7, 11) is -0.369. The Morgan fingerprint density at radius 2 is 1.46 bits per heavy atom. The molecule has 0 amide bonds. The normalized spacial score (nSPS) is 18.6. The number of hydrogen-bond acceptors (Lipinski definition) is 3. The summed E-state index contributed by atoms with van der Waals surface area (Å²) in [4.78, 5) is 0. The van der Waals surface area contributed by atoms with Crippen molar-refractivity contribution >= 4 is 12.6 Å². The van der Waals surface area contributed by atoms with Gasteiger partial charge in [0.2, 0.25) is 0 Å². The molecular weight excluding hydrogens is 299 g/mol. The van der Waals surface area contributed by atoms with E-state index in [1.165, 1.54) is 0 Å². The summed E-state index contributed by atoms with van der Waals surface area (Å²) in [6.07, 6.45) is 0. The number of rotatable bonds is 4. The van der Waals surface area contributed by atoms with E-state index in [4.69, 9.17) is 14.0 Å². The van der Waals surface area contributed by atoms with Gasteiger partial charge in [0, 0.05) is 0 Å². The number of ether oxygens (including phenoxy) is 1. The van der Waals surface area contributed by atoms with Crippen LogP contribution in [0.4, 0.5) is 0 Å². The maximum absolute atomic E-state index is 6.19. The summed E-state index contributed by atoms with van der Waals surface area (Å²) in [6.45, 7) is 10.8. The van der Waals surface area contributed by atoms with Crippen LogP contribution in [0.25, 0.3) is 0 Å². The highest BCUT2D eigenvalue weighted by Gasteiger charge is 2.52. The highest BCUT2D eigenvalue weighted by molar-refractivity contribution is 6.62. The third-order valence-corrected chi connectivity index (χ3v) is 5.04. The molecule has 0 bridgehead atoms. The Hall–Kier alpha value is -1.78. The molecule has 3 nitrogen and oxygen atoms in total. The lowest BCUT2D eigenvalue weighted by Gasteiger charge is -2.32. The third-order valence-electron chi connectivity index (χ3n) is 5.04. The zero-order valence-electron chi connectivity index (χ0n) is 15.1. The number of hydrogen-bond donors (Lipinski definition) is 0. The summed E-state index contributed by atoms with van der Waals surface area (Å²) in [5, 5.41) is 0. The van der Waals surface area contributed by atoms with Gasteiger partial charge in [-0.05, 0) is 57.3 Å². The van der Waals surface area contributed by atoms with Gasteiger partial charge in [-0.2, -0.15) is 0 Å². The quantitative estimate of drug-likeness (QED) is 0.799. The molecule has 1 heterocycles. The van der Waals surface area contributed by atoms with E-state index >= 15 is 0 Å². The molecular formula is C20H25BO3. The lowest BCUT2D eigenvalue weighted by atomic mass is 9.76. The van der Waals surface area contributed by atoms with E-state index in [1.807, 2.05) is 30.3 Å². The number of para-hydroxylation sites is 1. The standard InChI is InChI=1S/C20H25BO3/c1-15-10-6-9-13-18(15)22-14-16-11-7-8-12-17(16)21-23-19(2,3)20(4,5)24-21/h6-13H,14H2,1-5H3. The van der Waals surface area contributed by atoms with Crippen LogP contribution in [0.15, 0.2) is 48.5 Å². The fraction of sp³-hybridized carbons (Fsp3) is 0.400. The van der Waals surface area contributed by atoms with Crippen LogP contribution in [0, 0.1) is 6.92 Å². The second-order valence-electron chi connectivity index (χ2n) is 7.34. The van der Waals surface area contributed by atoms with Gasteiger partial charge in [-0.1, -0.05) is 42.5 Å². The lowest BCUT2D eigenvalue weighted by Crippen LogP contribution is -2.41. The smallest absolute Gasteiger partial charge is 0.489 e. The van der Waals surface area contributed by atoms with E-state index in [9.17, 15) is 0 Å². The van der Waals surface area contributed by atoms with Gasteiger partial charge in [0.15, 0.2) is 0 Å². The second kappa shape index (κ2) is 6.27. The molecule has 0 aromatic heterocycles. The summed E-state index contributed by atoms with van der Waals surface area (Å²) < 4.78 is 18.4. The predicted octanol–water partition coefficient (Wildman–Crippen LogP) is 3.87. The molecule has 2 aromatic carbocycles. The second-order valence-corrected chi connectivity index (χ2v) is 7.34. The molecule has 0 unspecified atom stereocenters. The molecule has 1 saturated heterocycles. The maximum Gasteiger partial charge on any atom is 0.495 e. The van der Waals surface area contributed by atoms with Crippen LogP contribution in [0.2, 0.25) is 0 Å². The molecule has 3 rings (SSSR count). The fourth-order valence-electron chi connectivity index (χ4n) is 2.74. The Labute approximate surface area is 145 Å². The number of benzene rings is 2. The van der Waals surface area contributed by atoms with Crippen molar-refractivity contribution in [3.05, 3.63) is 59.7 Å². The first-order valence-corrected chi connectivity index (χ1v) is 8.42. The Kier molecular flexibility index (Phi) is 4.45. The van der Waals surface area contributed by atoms with Crippen molar-refractivity contribution in [2.45, 2.75) is 52.4 Å². The van der Waals surface area contributed by atoms with Crippen LogP contribution < -0.4 is 10.2 Å². The first kappa shape index (κ1) is 17.1. The van der Waals surface area contributed by atoms with Crippen molar-refractivity contribution in [3.63, 3.8) is 0 Å². The van der Waals surface area contributed by atoms with Crippen molar-refractivity contribution < 1.29 is 14.0 Å². The molecule has 0 atom stereocenters. The lowest BCUT2D eigenvalue weighted by molar-refractivity contribution is 0.00578. The highest BCUT2D eigenvalue weighted by Crippen LogP contribution is 2.36. The molecule has 0 N–H and O–H groups in total. The molecule has 0 saturated carbocycles. The number of aryl methyl sites for hydroxylation is 1. The minimum absolute atomic E-state index is 0.346. The molecule has 1 aliphatic heterocycles. The summed E-state index contributed by atoms with van der Waals surface area (Å²) in [6, 6.07) is 16.2.